The molecule has 0 heterocycles. The highest BCUT2D eigenvalue weighted by atomic mass is 16.5. The van der Waals surface area contributed by atoms with E-state index in [1.54, 1.807) is 0 Å². The molecule has 0 spiro atoms. The highest BCUT2D eigenvalue weighted by Crippen LogP contribution is 2.22. The topological polar surface area (TPSA) is 66.8 Å². The Labute approximate surface area is 119 Å². The lowest BCUT2D eigenvalue weighted by Gasteiger charge is -2.31. The highest BCUT2D eigenvalue weighted by Gasteiger charge is 2.35. The molecule has 0 aromatic heterocycles. The number of aryl methyl sites for hydroxylation is 2. The van der Waals surface area contributed by atoms with Crippen molar-refractivity contribution in [2.45, 2.75) is 33.2 Å². The summed E-state index contributed by atoms with van der Waals surface area (Å²) >= 11 is 0. The number of carbonyl (C=O) groups excluding carboxylic acids is 1. The number of para-hydroxylation sites is 1. The average molecular weight is 279 g/mol. The number of rotatable bonds is 5. The summed E-state index contributed by atoms with van der Waals surface area (Å²) in [6.07, 6.45) is 0. The van der Waals surface area contributed by atoms with Crippen LogP contribution in [0.5, 0.6) is 5.75 Å². The molecule has 110 valence electrons. The molecule has 0 fully saturated rings. The van der Waals surface area contributed by atoms with Gasteiger partial charge in [-0.2, -0.15) is 0 Å². The molecule has 1 aromatic rings. The van der Waals surface area contributed by atoms with Crippen LogP contribution in [0.25, 0.3) is 0 Å². The molecule has 0 aliphatic heterocycles. The normalized spacial score (nSPS) is 11.1. The number of carbonyl (C=O) groups is 2. The maximum Gasteiger partial charge on any atom is 0.329 e. The number of carboxylic acid groups (broad SMARTS) is 1. The fourth-order valence-electron chi connectivity index (χ4n) is 1.71. The minimum absolute atomic E-state index is 0.182. The predicted octanol–water partition coefficient (Wildman–Crippen LogP) is 2.00. The molecule has 20 heavy (non-hydrogen) atoms. The zero-order valence-corrected chi connectivity index (χ0v) is 12.6. The molecule has 0 atom stereocenters. The van der Waals surface area contributed by atoms with Gasteiger partial charge in [0.15, 0.2) is 6.61 Å². The van der Waals surface area contributed by atoms with Gasteiger partial charge in [0.1, 0.15) is 11.3 Å². The second kappa shape index (κ2) is 5.94. The van der Waals surface area contributed by atoms with Gasteiger partial charge in [-0.15, -0.1) is 0 Å². The molecule has 1 rings (SSSR count). The van der Waals surface area contributed by atoms with Gasteiger partial charge in [-0.05, 0) is 38.8 Å². The molecule has 0 unspecified atom stereocenters. The van der Waals surface area contributed by atoms with Gasteiger partial charge in [0.2, 0.25) is 0 Å². The first-order valence-electron chi connectivity index (χ1n) is 6.37. The lowest BCUT2D eigenvalue weighted by Crippen LogP contribution is -2.52. The Morgan fingerprint density at radius 3 is 2.20 bits per heavy atom. The molecule has 0 saturated carbocycles. The second-order valence-electron chi connectivity index (χ2n) is 5.33. The number of carboxylic acids is 1. The highest BCUT2D eigenvalue weighted by molar-refractivity contribution is 5.86. The van der Waals surface area contributed by atoms with Crippen LogP contribution in [-0.2, 0) is 9.59 Å². The summed E-state index contributed by atoms with van der Waals surface area (Å²) in [6.45, 7) is 6.58. The Kier molecular flexibility index (Phi) is 4.76. The van der Waals surface area contributed by atoms with Gasteiger partial charge in [-0.3, -0.25) is 4.79 Å². The summed E-state index contributed by atoms with van der Waals surface area (Å²) in [5, 5.41) is 9.10. The van der Waals surface area contributed by atoms with Crippen LogP contribution in [0.1, 0.15) is 25.0 Å². The number of nitrogens with zero attached hydrogens (tertiary/aromatic N) is 1. The number of amides is 1. The van der Waals surface area contributed by atoms with E-state index >= 15 is 0 Å². The van der Waals surface area contributed by atoms with Crippen molar-refractivity contribution in [2.75, 3.05) is 13.7 Å². The van der Waals surface area contributed by atoms with Crippen LogP contribution in [0.15, 0.2) is 18.2 Å². The van der Waals surface area contributed by atoms with Crippen LogP contribution in [-0.4, -0.2) is 41.1 Å². The monoisotopic (exact) mass is 279 g/mol. The van der Waals surface area contributed by atoms with Crippen LogP contribution < -0.4 is 4.74 Å². The summed E-state index contributed by atoms with van der Waals surface area (Å²) in [4.78, 5) is 24.3. The van der Waals surface area contributed by atoms with Crippen molar-refractivity contribution in [3.63, 3.8) is 0 Å². The molecule has 1 N–H and O–H groups in total. The maximum atomic E-state index is 12.0. The van der Waals surface area contributed by atoms with Crippen LogP contribution in [0.4, 0.5) is 0 Å². The number of likely N-dealkylation sites (N-methyl/N-ethyl adjacent to an activating group) is 1. The molecular weight excluding hydrogens is 258 g/mol. The summed E-state index contributed by atoms with van der Waals surface area (Å²) in [6, 6.07) is 5.72. The van der Waals surface area contributed by atoms with Gasteiger partial charge in [0.25, 0.3) is 5.91 Å². The van der Waals surface area contributed by atoms with Crippen molar-refractivity contribution >= 4 is 11.9 Å². The van der Waals surface area contributed by atoms with Crippen LogP contribution >= 0.6 is 0 Å². The lowest BCUT2D eigenvalue weighted by atomic mass is 10.0. The number of ether oxygens (including phenoxy) is 1. The maximum absolute atomic E-state index is 12.0. The first kappa shape index (κ1) is 16.0. The van der Waals surface area contributed by atoms with Gasteiger partial charge in [0, 0.05) is 7.05 Å². The molecule has 0 radical (unpaired) electrons. The molecule has 1 amide bonds. The molecule has 5 nitrogen and oxygen atoms in total. The van der Waals surface area contributed by atoms with E-state index in [4.69, 9.17) is 9.84 Å². The first-order valence-corrected chi connectivity index (χ1v) is 6.37. The van der Waals surface area contributed by atoms with E-state index in [1.807, 2.05) is 32.0 Å². The Morgan fingerprint density at radius 2 is 1.75 bits per heavy atom. The van der Waals surface area contributed by atoms with E-state index in [-0.39, 0.29) is 12.5 Å². The third kappa shape index (κ3) is 3.29. The number of hydrogen-bond acceptors (Lipinski definition) is 3. The molecule has 0 aliphatic rings. The fourth-order valence-corrected chi connectivity index (χ4v) is 1.71. The minimum atomic E-state index is -1.26. The molecule has 0 aliphatic carbocycles. The largest absolute Gasteiger partial charge is 0.483 e. The molecule has 0 bridgehead atoms. The Balaban J connectivity index is 2.76. The van der Waals surface area contributed by atoms with E-state index in [0.29, 0.717) is 5.75 Å². The molecule has 5 heteroatoms. The SMILES string of the molecule is Cc1cccc(C)c1OCC(=O)N(C)C(C)(C)C(=O)O. The smallest absolute Gasteiger partial charge is 0.329 e. The molecular formula is C15H21NO4. The third-order valence-corrected chi connectivity index (χ3v) is 3.48. The fraction of sp³-hybridized carbons (Fsp3) is 0.467. The summed E-state index contributed by atoms with van der Waals surface area (Å²) < 4.78 is 5.54. The van der Waals surface area contributed by atoms with E-state index in [1.165, 1.54) is 25.8 Å². The number of aliphatic carboxylic acids is 1. The summed E-state index contributed by atoms with van der Waals surface area (Å²) in [7, 11) is 1.46. The van der Waals surface area contributed by atoms with Crippen LogP contribution in [0, 0.1) is 13.8 Å². The van der Waals surface area contributed by atoms with Gasteiger partial charge in [-0.25, -0.2) is 4.79 Å². The zero-order valence-electron chi connectivity index (χ0n) is 12.6. The van der Waals surface area contributed by atoms with Gasteiger partial charge in [-0.1, -0.05) is 18.2 Å². The van der Waals surface area contributed by atoms with Crippen molar-refractivity contribution in [3.05, 3.63) is 29.3 Å². The molecule has 0 saturated heterocycles. The van der Waals surface area contributed by atoms with E-state index in [0.717, 1.165) is 11.1 Å². The van der Waals surface area contributed by atoms with E-state index < -0.39 is 11.5 Å². The van der Waals surface area contributed by atoms with Crippen molar-refractivity contribution in [1.82, 2.24) is 4.90 Å². The van der Waals surface area contributed by atoms with Crippen molar-refractivity contribution in [2.24, 2.45) is 0 Å². The number of benzene rings is 1. The van der Waals surface area contributed by atoms with Gasteiger partial charge in [0.05, 0.1) is 0 Å². The van der Waals surface area contributed by atoms with Crippen molar-refractivity contribution in [1.29, 1.82) is 0 Å². The average Bonchev–Trinajstić information content (AvgIpc) is 2.36. The number of hydrogen-bond donors (Lipinski definition) is 1. The Hall–Kier alpha value is -2.04. The minimum Gasteiger partial charge on any atom is -0.483 e. The van der Waals surface area contributed by atoms with Crippen molar-refractivity contribution in [3.8, 4) is 5.75 Å². The Morgan fingerprint density at radius 1 is 1.25 bits per heavy atom. The summed E-state index contributed by atoms with van der Waals surface area (Å²) in [5.74, 6) is -0.761. The molecule has 1 aromatic carbocycles. The van der Waals surface area contributed by atoms with Crippen LogP contribution in [0.2, 0.25) is 0 Å². The van der Waals surface area contributed by atoms with Crippen LogP contribution in [0.3, 0.4) is 0 Å². The third-order valence-electron chi connectivity index (χ3n) is 3.48. The second-order valence-corrected chi connectivity index (χ2v) is 5.33. The quantitative estimate of drug-likeness (QED) is 0.895. The van der Waals surface area contributed by atoms with Gasteiger partial charge >= 0.3 is 5.97 Å². The van der Waals surface area contributed by atoms with E-state index in [2.05, 4.69) is 0 Å². The van der Waals surface area contributed by atoms with Gasteiger partial charge < -0.3 is 14.7 Å². The predicted molar refractivity (Wildman–Crippen MR) is 75.9 cm³/mol. The zero-order chi connectivity index (χ0) is 15.5. The standard InChI is InChI=1S/C15H21NO4/c1-10-7-6-8-11(2)13(10)20-9-12(17)16(5)15(3,4)14(18)19/h6-8H,9H2,1-5H3,(H,18,19). The first-order chi connectivity index (χ1) is 9.17. The Bertz CT molecular complexity index is 502. The van der Waals surface area contributed by atoms with Crippen molar-refractivity contribution < 1.29 is 19.4 Å². The summed E-state index contributed by atoms with van der Waals surface area (Å²) in [5.41, 5.74) is 0.622. The van der Waals surface area contributed by atoms with E-state index in [9.17, 15) is 9.59 Å². The lowest BCUT2D eigenvalue weighted by molar-refractivity contribution is -0.156.